The van der Waals surface area contributed by atoms with Crippen LogP contribution in [-0.2, 0) is 4.79 Å². The number of carbonyl (C=O) groups is 1. The molecule has 0 bridgehead atoms. The van der Waals surface area contributed by atoms with E-state index in [4.69, 9.17) is 0 Å². The van der Waals surface area contributed by atoms with Gasteiger partial charge < -0.3 is 4.90 Å². The molecule has 0 unspecified atom stereocenters. The lowest BCUT2D eigenvalue weighted by molar-refractivity contribution is -0.129. The number of carbonyl (C=O) groups excluding carboxylic acids is 1. The first-order valence-electron chi connectivity index (χ1n) is 9.69. The number of nitrogens with zero attached hydrogens (tertiary/aromatic N) is 4. The van der Waals surface area contributed by atoms with E-state index >= 15 is 0 Å². The fraction of sp³-hybridized carbons (Fsp3) is 0.429. The van der Waals surface area contributed by atoms with Crippen molar-refractivity contribution in [1.29, 1.82) is 0 Å². The third kappa shape index (κ3) is 4.05. The predicted molar refractivity (Wildman–Crippen MR) is 116 cm³/mol. The zero-order valence-electron chi connectivity index (χ0n) is 16.2. The van der Waals surface area contributed by atoms with Crippen LogP contribution in [0.3, 0.4) is 0 Å². The molecular formula is C21H24N4OS2. The summed E-state index contributed by atoms with van der Waals surface area (Å²) in [6.07, 6.45) is 7.57. The van der Waals surface area contributed by atoms with Gasteiger partial charge in [0.2, 0.25) is 5.91 Å². The molecule has 1 amide bonds. The van der Waals surface area contributed by atoms with E-state index in [0.29, 0.717) is 11.8 Å². The smallest absolute Gasteiger partial charge is 0.232 e. The molecule has 1 saturated carbocycles. The van der Waals surface area contributed by atoms with Crippen LogP contribution in [0.5, 0.6) is 0 Å². The Morgan fingerprint density at radius 3 is 2.68 bits per heavy atom. The molecule has 4 rings (SSSR count). The lowest BCUT2D eigenvalue weighted by Gasteiger charge is -2.31. The Labute approximate surface area is 173 Å². The Hall–Kier alpha value is -1.99. The monoisotopic (exact) mass is 412 g/mol. The predicted octanol–water partition coefficient (Wildman–Crippen LogP) is 4.94. The molecule has 5 nitrogen and oxygen atoms in total. The molecule has 1 fully saturated rings. The van der Waals surface area contributed by atoms with Gasteiger partial charge in [0.05, 0.1) is 5.75 Å². The molecule has 1 aliphatic carbocycles. The zero-order chi connectivity index (χ0) is 19.5. The van der Waals surface area contributed by atoms with Gasteiger partial charge >= 0.3 is 0 Å². The highest BCUT2D eigenvalue weighted by Gasteiger charge is 2.23. The second kappa shape index (κ2) is 8.57. The molecule has 28 heavy (non-hydrogen) atoms. The van der Waals surface area contributed by atoms with Gasteiger partial charge in [0.15, 0.2) is 0 Å². The number of amides is 1. The second-order valence-corrected chi connectivity index (χ2v) is 9.08. The van der Waals surface area contributed by atoms with Crippen molar-refractivity contribution in [2.75, 3.05) is 12.8 Å². The minimum Gasteiger partial charge on any atom is -0.342 e. The van der Waals surface area contributed by atoms with Crippen molar-refractivity contribution in [2.45, 2.75) is 50.1 Å². The minimum absolute atomic E-state index is 0.173. The van der Waals surface area contributed by atoms with Crippen LogP contribution in [0, 0.1) is 6.92 Å². The molecule has 3 aromatic rings. The zero-order valence-corrected chi connectivity index (χ0v) is 17.9. The molecule has 0 N–H and O–H groups in total. The number of hydrogen-bond donors (Lipinski definition) is 0. The van der Waals surface area contributed by atoms with E-state index in [9.17, 15) is 4.79 Å². The molecule has 146 valence electrons. The number of fused-ring (bicyclic) bond motifs is 1. The summed E-state index contributed by atoms with van der Waals surface area (Å²) in [6, 6.07) is 8.70. The SMILES string of the molecule is Cc1ccc(-c2nsc3c(SCC(=O)N(C)C4CCCCC4)ncnc23)cc1. The number of aromatic nitrogens is 3. The van der Waals surface area contributed by atoms with Crippen LogP contribution >= 0.6 is 23.3 Å². The summed E-state index contributed by atoms with van der Waals surface area (Å²) >= 11 is 2.90. The average molecular weight is 413 g/mol. The Morgan fingerprint density at radius 1 is 1.18 bits per heavy atom. The largest absolute Gasteiger partial charge is 0.342 e. The van der Waals surface area contributed by atoms with Crippen LogP contribution in [0.2, 0.25) is 0 Å². The van der Waals surface area contributed by atoms with Crippen LogP contribution < -0.4 is 0 Å². The van der Waals surface area contributed by atoms with Gasteiger partial charge in [-0.1, -0.05) is 60.9 Å². The summed E-state index contributed by atoms with van der Waals surface area (Å²) in [5.41, 5.74) is 4.02. The number of hydrogen-bond acceptors (Lipinski definition) is 6. The first-order chi connectivity index (χ1) is 13.6. The standard InChI is InChI=1S/C21H24N4OS2/c1-14-8-10-15(11-9-14)18-19-20(28-24-18)21(23-13-22-19)27-12-17(26)25(2)16-6-4-3-5-7-16/h8-11,13,16H,3-7,12H2,1-2H3. The Kier molecular flexibility index (Phi) is 5.92. The highest BCUT2D eigenvalue weighted by Crippen LogP contribution is 2.34. The first-order valence-corrected chi connectivity index (χ1v) is 11.5. The van der Waals surface area contributed by atoms with E-state index in [2.05, 4.69) is 45.5 Å². The number of rotatable bonds is 5. The number of aryl methyl sites for hydroxylation is 1. The number of thioether (sulfide) groups is 1. The van der Waals surface area contributed by atoms with Crippen molar-refractivity contribution >= 4 is 39.4 Å². The third-order valence-corrected chi connectivity index (χ3v) is 7.34. The van der Waals surface area contributed by atoms with Crippen molar-refractivity contribution in [3.05, 3.63) is 36.2 Å². The van der Waals surface area contributed by atoms with Crippen LogP contribution in [0.25, 0.3) is 21.5 Å². The van der Waals surface area contributed by atoms with Crippen LogP contribution in [0.4, 0.5) is 0 Å². The molecule has 0 aliphatic heterocycles. The molecule has 0 radical (unpaired) electrons. The van der Waals surface area contributed by atoms with Gasteiger partial charge in [0, 0.05) is 18.7 Å². The molecule has 0 atom stereocenters. The quantitative estimate of drug-likeness (QED) is 0.439. The maximum atomic E-state index is 12.7. The van der Waals surface area contributed by atoms with Gasteiger partial charge in [-0.2, -0.15) is 4.37 Å². The first kappa shape index (κ1) is 19.3. The summed E-state index contributed by atoms with van der Waals surface area (Å²) in [5.74, 6) is 0.573. The van der Waals surface area contributed by atoms with E-state index in [1.807, 2.05) is 11.9 Å². The van der Waals surface area contributed by atoms with Gasteiger partial charge in [0.1, 0.15) is 27.3 Å². The van der Waals surface area contributed by atoms with E-state index < -0.39 is 0 Å². The van der Waals surface area contributed by atoms with E-state index in [1.165, 1.54) is 48.1 Å². The summed E-state index contributed by atoms with van der Waals surface area (Å²) in [4.78, 5) is 23.5. The summed E-state index contributed by atoms with van der Waals surface area (Å²) in [5, 5.41) is 0.839. The molecule has 1 aromatic carbocycles. The number of benzene rings is 1. The molecule has 2 heterocycles. The Morgan fingerprint density at radius 2 is 1.93 bits per heavy atom. The van der Waals surface area contributed by atoms with E-state index in [0.717, 1.165) is 39.3 Å². The topological polar surface area (TPSA) is 59.0 Å². The second-order valence-electron chi connectivity index (χ2n) is 7.34. The maximum Gasteiger partial charge on any atom is 0.232 e. The lowest BCUT2D eigenvalue weighted by atomic mass is 9.94. The highest BCUT2D eigenvalue weighted by molar-refractivity contribution is 8.00. The van der Waals surface area contributed by atoms with Gasteiger partial charge in [-0.25, -0.2) is 9.97 Å². The average Bonchev–Trinajstić information content (AvgIpc) is 3.17. The summed E-state index contributed by atoms with van der Waals surface area (Å²) < 4.78 is 5.58. The molecular weight excluding hydrogens is 388 g/mol. The van der Waals surface area contributed by atoms with Gasteiger partial charge in [-0.05, 0) is 31.3 Å². The Bertz CT molecular complexity index is 964. The van der Waals surface area contributed by atoms with Crippen molar-refractivity contribution in [3.63, 3.8) is 0 Å². The molecule has 7 heteroatoms. The fourth-order valence-electron chi connectivity index (χ4n) is 3.65. The van der Waals surface area contributed by atoms with Crippen molar-refractivity contribution in [1.82, 2.24) is 19.2 Å². The Balaban J connectivity index is 1.50. The highest BCUT2D eigenvalue weighted by atomic mass is 32.2. The van der Waals surface area contributed by atoms with E-state index in [1.54, 1.807) is 6.33 Å². The van der Waals surface area contributed by atoms with Gasteiger partial charge in [0.25, 0.3) is 0 Å². The van der Waals surface area contributed by atoms with Crippen LogP contribution in [-0.4, -0.2) is 44.0 Å². The van der Waals surface area contributed by atoms with Crippen molar-refractivity contribution < 1.29 is 4.79 Å². The summed E-state index contributed by atoms with van der Waals surface area (Å²) in [6.45, 7) is 2.07. The molecule has 0 spiro atoms. The third-order valence-electron chi connectivity index (χ3n) is 5.40. The molecule has 1 aliphatic rings. The molecule has 2 aromatic heterocycles. The normalized spacial score (nSPS) is 15.1. The minimum atomic E-state index is 0.173. The maximum absolute atomic E-state index is 12.7. The van der Waals surface area contributed by atoms with Crippen molar-refractivity contribution in [2.24, 2.45) is 0 Å². The lowest BCUT2D eigenvalue weighted by Crippen LogP contribution is -2.39. The van der Waals surface area contributed by atoms with Gasteiger partial charge in [-0.15, -0.1) is 0 Å². The molecule has 0 saturated heterocycles. The fourth-order valence-corrected chi connectivity index (χ4v) is 5.49. The van der Waals surface area contributed by atoms with E-state index in [-0.39, 0.29) is 5.91 Å². The van der Waals surface area contributed by atoms with Crippen molar-refractivity contribution in [3.8, 4) is 11.3 Å². The van der Waals surface area contributed by atoms with Gasteiger partial charge in [-0.3, -0.25) is 4.79 Å². The van der Waals surface area contributed by atoms with Crippen LogP contribution in [0.15, 0.2) is 35.6 Å². The summed E-state index contributed by atoms with van der Waals surface area (Å²) in [7, 11) is 1.94. The van der Waals surface area contributed by atoms with Crippen LogP contribution in [0.1, 0.15) is 37.7 Å².